The number of primary amides is 1. The van der Waals surface area contributed by atoms with Crippen molar-refractivity contribution in [2.75, 3.05) is 12.4 Å². The van der Waals surface area contributed by atoms with E-state index in [0.717, 1.165) is 31.9 Å². The van der Waals surface area contributed by atoms with Gasteiger partial charge in [-0.3, -0.25) is 9.20 Å². The summed E-state index contributed by atoms with van der Waals surface area (Å²) in [7, 11) is 1.47. The van der Waals surface area contributed by atoms with E-state index in [4.69, 9.17) is 10.5 Å². The topological polar surface area (TPSA) is 99.5 Å². The number of carbonyl (C=O) groups excluding carboxylic acids is 1. The van der Waals surface area contributed by atoms with E-state index < -0.39 is 17.8 Å². The number of methoxy groups -OCH3 is 1. The summed E-state index contributed by atoms with van der Waals surface area (Å²) in [5.74, 6) is 0.313. The molecule has 3 aromatic rings. The minimum Gasteiger partial charge on any atom is -0.481 e. The van der Waals surface area contributed by atoms with Gasteiger partial charge >= 0.3 is 6.18 Å². The van der Waals surface area contributed by atoms with E-state index in [1.807, 2.05) is 0 Å². The molecule has 160 valence electrons. The number of halogens is 3. The van der Waals surface area contributed by atoms with Crippen molar-refractivity contribution in [2.24, 2.45) is 5.73 Å². The van der Waals surface area contributed by atoms with Crippen LogP contribution in [-0.2, 0) is 6.18 Å². The van der Waals surface area contributed by atoms with Crippen molar-refractivity contribution in [1.82, 2.24) is 19.2 Å². The zero-order valence-electron chi connectivity index (χ0n) is 16.2. The van der Waals surface area contributed by atoms with Crippen LogP contribution in [-0.4, -0.2) is 38.2 Å². The molecule has 3 N–H and O–H groups in total. The molecule has 0 aromatic carbocycles. The SMILES string of the molecule is COc1c(C(N)=O)cnn1C1CCC(Nc2cccc3nc(C(F)(F)F)cn23)CC1. The van der Waals surface area contributed by atoms with Crippen LogP contribution >= 0.6 is 0 Å². The number of fused-ring (bicyclic) bond motifs is 1. The Balaban J connectivity index is 1.47. The van der Waals surface area contributed by atoms with Gasteiger partial charge in [0, 0.05) is 12.2 Å². The third kappa shape index (κ3) is 3.66. The molecule has 0 atom stereocenters. The van der Waals surface area contributed by atoms with E-state index in [9.17, 15) is 18.0 Å². The Morgan fingerprint density at radius 2 is 2.00 bits per heavy atom. The minimum atomic E-state index is -4.49. The molecule has 1 saturated carbocycles. The van der Waals surface area contributed by atoms with Gasteiger partial charge in [-0.2, -0.15) is 18.3 Å². The molecule has 0 saturated heterocycles. The second-order valence-corrected chi connectivity index (χ2v) is 7.29. The standard InChI is InChI=1S/C19H21F3N6O2/c1-30-18-13(17(23)29)9-24-28(18)12-7-5-11(6-8-12)25-15-3-2-4-16-26-14(10-27(15)16)19(20,21)22/h2-4,9-12,25H,5-8H2,1H3,(H2,23,29). The summed E-state index contributed by atoms with van der Waals surface area (Å²) in [6.07, 6.45) is 0.998. The van der Waals surface area contributed by atoms with E-state index in [2.05, 4.69) is 15.4 Å². The van der Waals surface area contributed by atoms with Crippen LogP contribution in [0.2, 0.25) is 0 Å². The molecule has 1 aliphatic rings. The Bertz CT molecular complexity index is 1070. The van der Waals surface area contributed by atoms with Crippen molar-refractivity contribution in [3.63, 3.8) is 0 Å². The molecule has 8 nitrogen and oxygen atoms in total. The second-order valence-electron chi connectivity index (χ2n) is 7.29. The number of alkyl halides is 3. The molecule has 3 heterocycles. The number of aromatic nitrogens is 4. The molecule has 1 fully saturated rings. The van der Waals surface area contributed by atoms with Crippen molar-refractivity contribution >= 4 is 17.4 Å². The molecule has 3 aromatic heterocycles. The molecule has 4 rings (SSSR count). The average molecular weight is 422 g/mol. The van der Waals surface area contributed by atoms with E-state index in [1.165, 1.54) is 23.8 Å². The van der Waals surface area contributed by atoms with Gasteiger partial charge in [0.25, 0.3) is 5.91 Å². The van der Waals surface area contributed by atoms with Crippen LogP contribution in [0, 0.1) is 0 Å². The number of nitrogens with zero attached hydrogens (tertiary/aromatic N) is 4. The van der Waals surface area contributed by atoms with Gasteiger partial charge in [-0.15, -0.1) is 0 Å². The van der Waals surface area contributed by atoms with Gasteiger partial charge in [0.15, 0.2) is 5.69 Å². The molecule has 0 unspecified atom stereocenters. The van der Waals surface area contributed by atoms with Gasteiger partial charge in [-0.1, -0.05) is 6.07 Å². The van der Waals surface area contributed by atoms with Gasteiger partial charge in [-0.25, -0.2) is 9.67 Å². The van der Waals surface area contributed by atoms with Crippen molar-refractivity contribution < 1.29 is 22.7 Å². The third-order valence-corrected chi connectivity index (χ3v) is 5.39. The van der Waals surface area contributed by atoms with Crippen LogP contribution in [0.4, 0.5) is 19.0 Å². The van der Waals surface area contributed by atoms with E-state index in [-0.39, 0.29) is 23.3 Å². The number of rotatable bonds is 5. The Morgan fingerprint density at radius 1 is 1.27 bits per heavy atom. The van der Waals surface area contributed by atoms with Crippen molar-refractivity contribution in [1.29, 1.82) is 0 Å². The van der Waals surface area contributed by atoms with Crippen LogP contribution in [0.1, 0.15) is 47.8 Å². The summed E-state index contributed by atoms with van der Waals surface area (Å²) in [5, 5.41) is 7.59. The summed E-state index contributed by atoms with van der Waals surface area (Å²) in [5.41, 5.74) is 4.91. The highest BCUT2D eigenvalue weighted by Gasteiger charge is 2.34. The van der Waals surface area contributed by atoms with Gasteiger partial charge in [0.1, 0.15) is 17.0 Å². The summed E-state index contributed by atoms with van der Waals surface area (Å²) in [4.78, 5) is 15.2. The number of amides is 1. The molecule has 30 heavy (non-hydrogen) atoms. The van der Waals surface area contributed by atoms with Gasteiger partial charge in [0.05, 0.1) is 19.3 Å². The highest BCUT2D eigenvalue weighted by molar-refractivity contribution is 5.94. The highest BCUT2D eigenvalue weighted by atomic mass is 19.4. The fourth-order valence-electron chi connectivity index (χ4n) is 3.92. The molecule has 11 heteroatoms. The van der Waals surface area contributed by atoms with Crippen LogP contribution in [0.25, 0.3) is 5.65 Å². The lowest BCUT2D eigenvalue weighted by Crippen LogP contribution is -2.28. The predicted molar refractivity (Wildman–Crippen MR) is 102 cm³/mol. The monoisotopic (exact) mass is 422 g/mol. The number of pyridine rings is 1. The summed E-state index contributed by atoms with van der Waals surface area (Å²) < 4.78 is 47.4. The Labute approximate surface area is 169 Å². The quantitative estimate of drug-likeness (QED) is 0.658. The number of ether oxygens (including phenoxy) is 1. The maximum Gasteiger partial charge on any atom is 0.434 e. The predicted octanol–water partition coefficient (Wildman–Crippen LogP) is 3.25. The molecular weight excluding hydrogens is 401 g/mol. The van der Waals surface area contributed by atoms with Crippen LogP contribution in [0.15, 0.2) is 30.6 Å². The van der Waals surface area contributed by atoms with Gasteiger partial charge in [0.2, 0.25) is 5.88 Å². The normalized spacial score (nSPS) is 19.7. The number of carbonyl (C=O) groups is 1. The zero-order valence-corrected chi connectivity index (χ0v) is 16.2. The number of hydrogen-bond acceptors (Lipinski definition) is 5. The smallest absolute Gasteiger partial charge is 0.434 e. The first-order valence-electron chi connectivity index (χ1n) is 9.51. The zero-order chi connectivity index (χ0) is 21.5. The van der Waals surface area contributed by atoms with Crippen LogP contribution < -0.4 is 15.8 Å². The van der Waals surface area contributed by atoms with Gasteiger partial charge in [-0.05, 0) is 37.8 Å². The molecule has 0 bridgehead atoms. The van der Waals surface area contributed by atoms with Crippen LogP contribution in [0.5, 0.6) is 5.88 Å². The lowest BCUT2D eigenvalue weighted by atomic mass is 9.91. The molecule has 0 aliphatic heterocycles. The summed E-state index contributed by atoms with van der Waals surface area (Å²) in [6, 6.07) is 5.08. The average Bonchev–Trinajstić information content (AvgIpc) is 3.33. The van der Waals surface area contributed by atoms with Crippen molar-refractivity contribution in [3.05, 3.63) is 41.9 Å². The van der Waals surface area contributed by atoms with Crippen molar-refractivity contribution in [2.45, 2.75) is 43.9 Å². The molecule has 1 aliphatic carbocycles. The lowest BCUT2D eigenvalue weighted by molar-refractivity contribution is -0.140. The first kappa shape index (κ1) is 20.0. The highest BCUT2D eigenvalue weighted by Crippen LogP contribution is 2.34. The lowest BCUT2D eigenvalue weighted by Gasteiger charge is -2.30. The Hall–Kier alpha value is -3.24. The fraction of sp³-hybridized carbons (Fsp3) is 0.421. The fourth-order valence-corrected chi connectivity index (χ4v) is 3.92. The minimum absolute atomic E-state index is 0.0481. The number of imidazole rings is 1. The van der Waals surface area contributed by atoms with E-state index >= 15 is 0 Å². The van der Waals surface area contributed by atoms with Crippen molar-refractivity contribution in [3.8, 4) is 5.88 Å². The second kappa shape index (κ2) is 7.54. The third-order valence-electron chi connectivity index (χ3n) is 5.39. The number of nitrogens with two attached hydrogens (primary N) is 1. The Kier molecular flexibility index (Phi) is 5.04. The summed E-state index contributed by atoms with van der Waals surface area (Å²) in [6.45, 7) is 0. The van der Waals surface area contributed by atoms with Crippen LogP contribution in [0.3, 0.4) is 0 Å². The summed E-state index contributed by atoms with van der Waals surface area (Å²) >= 11 is 0. The maximum atomic E-state index is 13.0. The number of nitrogens with one attached hydrogen (secondary N) is 1. The molecule has 1 amide bonds. The largest absolute Gasteiger partial charge is 0.481 e. The van der Waals surface area contributed by atoms with E-state index in [0.29, 0.717) is 11.7 Å². The Morgan fingerprint density at radius 3 is 2.63 bits per heavy atom. The number of anilines is 1. The molecular formula is C19H21F3N6O2. The first-order valence-corrected chi connectivity index (χ1v) is 9.51. The number of hydrogen-bond donors (Lipinski definition) is 2. The van der Waals surface area contributed by atoms with E-state index in [1.54, 1.807) is 16.8 Å². The first-order chi connectivity index (χ1) is 14.3. The van der Waals surface area contributed by atoms with Gasteiger partial charge < -0.3 is 15.8 Å². The molecule has 0 radical (unpaired) electrons. The molecule has 0 spiro atoms. The maximum absolute atomic E-state index is 13.0.